The minimum Gasteiger partial charge on any atom is -0.310 e. The molecular weight excluding hydrogens is 226 g/mol. The van der Waals surface area contributed by atoms with Crippen molar-refractivity contribution in [3.05, 3.63) is 29.8 Å². The number of hydrogen-bond donors (Lipinski definition) is 1. The SMILES string of the molecule is CC(C)NCc1cccc(SCC2CCC2)c1. The molecule has 0 saturated heterocycles. The molecule has 0 radical (unpaired) electrons. The van der Waals surface area contributed by atoms with Gasteiger partial charge in [-0.05, 0) is 36.5 Å². The Bertz CT molecular complexity index is 345. The second kappa shape index (κ2) is 6.46. The Hall–Kier alpha value is -0.470. The van der Waals surface area contributed by atoms with E-state index in [1.165, 1.54) is 35.5 Å². The zero-order valence-electron chi connectivity index (χ0n) is 10.9. The van der Waals surface area contributed by atoms with Gasteiger partial charge in [0.1, 0.15) is 0 Å². The number of nitrogens with one attached hydrogen (secondary N) is 1. The summed E-state index contributed by atoms with van der Waals surface area (Å²) in [5, 5.41) is 3.47. The van der Waals surface area contributed by atoms with E-state index >= 15 is 0 Å². The van der Waals surface area contributed by atoms with E-state index in [0.717, 1.165) is 12.5 Å². The van der Waals surface area contributed by atoms with Crippen LogP contribution in [0.5, 0.6) is 0 Å². The predicted octanol–water partition coefficient (Wildman–Crippen LogP) is 4.08. The minimum absolute atomic E-state index is 0.557. The fraction of sp³-hybridized carbons (Fsp3) is 0.600. The van der Waals surface area contributed by atoms with Gasteiger partial charge in [0, 0.05) is 23.2 Å². The van der Waals surface area contributed by atoms with Crippen molar-refractivity contribution in [1.29, 1.82) is 0 Å². The Morgan fingerprint density at radius 3 is 2.82 bits per heavy atom. The lowest BCUT2D eigenvalue weighted by Gasteiger charge is -2.24. The quantitative estimate of drug-likeness (QED) is 0.763. The molecule has 0 aromatic heterocycles. The van der Waals surface area contributed by atoms with E-state index in [2.05, 4.69) is 43.4 Å². The smallest absolute Gasteiger partial charge is 0.0208 e. The highest BCUT2D eigenvalue weighted by atomic mass is 32.2. The average molecular weight is 249 g/mol. The summed E-state index contributed by atoms with van der Waals surface area (Å²) in [5.74, 6) is 2.29. The molecule has 1 aromatic rings. The van der Waals surface area contributed by atoms with E-state index < -0.39 is 0 Å². The first-order chi connectivity index (χ1) is 8.24. The maximum Gasteiger partial charge on any atom is 0.0208 e. The summed E-state index contributed by atoms with van der Waals surface area (Å²) in [5.41, 5.74) is 1.40. The Morgan fingerprint density at radius 2 is 2.18 bits per heavy atom. The third-order valence-electron chi connectivity index (χ3n) is 3.32. The van der Waals surface area contributed by atoms with E-state index in [9.17, 15) is 0 Å². The molecular formula is C15H23NS. The first kappa shape index (κ1) is 13.0. The summed E-state index contributed by atoms with van der Waals surface area (Å²) in [6.07, 6.45) is 4.34. The van der Waals surface area contributed by atoms with Crippen molar-refractivity contribution < 1.29 is 0 Å². The summed E-state index contributed by atoms with van der Waals surface area (Å²) in [6, 6.07) is 9.52. The third-order valence-corrected chi connectivity index (χ3v) is 4.55. The van der Waals surface area contributed by atoms with Gasteiger partial charge >= 0.3 is 0 Å². The number of benzene rings is 1. The average Bonchev–Trinajstić information content (AvgIpc) is 2.25. The van der Waals surface area contributed by atoms with Crippen LogP contribution in [0.4, 0.5) is 0 Å². The van der Waals surface area contributed by atoms with Crippen molar-refractivity contribution >= 4 is 11.8 Å². The van der Waals surface area contributed by atoms with Crippen molar-refractivity contribution in [2.75, 3.05) is 5.75 Å². The molecule has 2 heteroatoms. The minimum atomic E-state index is 0.557. The molecule has 1 aromatic carbocycles. The van der Waals surface area contributed by atoms with Gasteiger partial charge in [0.25, 0.3) is 0 Å². The van der Waals surface area contributed by atoms with Crippen LogP contribution in [0.25, 0.3) is 0 Å². The summed E-state index contributed by atoms with van der Waals surface area (Å²) in [6.45, 7) is 5.36. The molecule has 0 unspecified atom stereocenters. The molecule has 0 amide bonds. The Morgan fingerprint density at radius 1 is 1.35 bits per heavy atom. The van der Waals surface area contributed by atoms with Gasteiger partial charge in [-0.15, -0.1) is 11.8 Å². The van der Waals surface area contributed by atoms with Gasteiger partial charge < -0.3 is 5.32 Å². The van der Waals surface area contributed by atoms with E-state index in [1.54, 1.807) is 0 Å². The van der Waals surface area contributed by atoms with Crippen LogP contribution >= 0.6 is 11.8 Å². The second-order valence-corrected chi connectivity index (χ2v) is 6.38. The molecule has 17 heavy (non-hydrogen) atoms. The monoisotopic (exact) mass is 249 g/mol. The topological polar surface area (TPSA) is 12.0 Å². The molecule has 0 heterocycles. The highest BCUT2D eigenvalue weighted by molar-refractivity contribution is 7.99. The number of thioether (sulfide) groups is 1. The van der Waals surface area contributed by atoms with Crippen LogP contribution in [0, 0.1) is 5.92 Å². The van der Waals surface area contributed by atoms with Gasteiger partial charge in [0.15, 0.2) is 0 Å². The van der Waals surface area contributed by atoms with Crippen molar-refractivity contribution in [3.63, 3.8) is 0 Å². The summed E-state index contributed by atoms with van der Waals surface area (Å²) >= 11 is 2.02. The van der Waals surface area contributed by atoms with Gasteiger partial charge in [0.05, 0.1) is 0 Å². The van der Waals surface area contributed by atoms with Gasteiger partial charge in [-0.25, -0.2) is 0 Å². The maximum absolute atomic E-state index is 3.47. The Balaban J connectivity index is 1.82. The van der Waals surface area contributed by atoms with Crippen molar-refractivity contribution in [2.45, 2.75) is 50.6 Å². The Kier molecular flexibility index (Phi) is 4.93. The van der Waals surface area contributed by atoms with Crippen LogP contribution in [-0.2, 0) is 6.54 Å². The summed E-state index contributed by atoms with van der Waals surface area (Å²) in [7, 11) is 0. The molecule has 1 aliphatic rings. The summed E-state index contributed by atoms with van der Waals surface area (Å²) < 4.78 is 0. The molecule has 1 aliphatic carbocycles. The van der Waals surface area contributed by atoms with Crippen LogP contribution in [-0.4, -0.2) is 11.8 Å². The molecule has 1 N–H and O–H groups in total. The van der Waals surface area contributed by atoms with E-state index in [1.807, 2.05) is 11.8 Å². The fourth-order valence-electron chi connectivity index (χ4n) is 1.94. The normalized spacial score (nSPS) is 16.2. The lowest BCUT2D eigenvalue weighted by atomic mass is 9.87. The van der Waals surface area contributed by atoms with Crippen molar-refractivity contribution in [2.24, 2.45) is 5.92 Å². The van der Waals surface area contributed by atoms with Gasteiger partial charge in [-0.3, -0.25) is 0 Å². The highest BCUT2D eigenvalue weighted by Crippen LogP contribution is 2.32. The zero-order valence-corrected chi connectivity index (χ0v) is 11.7. The van der Waals surface area contributed by atoms with Gasteiger partial charge in [-0.1, -0.05) is 32.4 Å². The highest BCUT2D eigenvalue weighted by Gasteiger charge is 2.17. The molecule has 2 rings (SSSR count). The maximum atomic E-state index is 3.47. The molecule has 0 aliphatic heterocycles. The van der Waals surface area contributed by atoms with Gasteiger partial charge in [-0.2, -0.15) is 0 Å². The first-order valence-corrected chi connectivity index (χ1v) is 7.67. The van der Waals surface area contributed by atoms with Crippen LogP contribution in [0.1, 0.15) is 38.7 Å². The fourth-order valence-corrected chi connectivity index (χ4v) is 3.11. The zero-order chi connectivity index (χ0) is 12.1. The molecule has 1 saturated carbocycles. The van der Waals surface area contributed by atoms with Crippen LogP contribution in [0.3, 0.4) is 0 Å². The molecule has 94 valence electrons. The third kappa shape index (κ3) is 4.36. The molecule has 1 nitrogen and oxygen atoms in total. The van der Waals surface area contributed by atoms with E-state index in [-0.39, 0.29) is 0 Å². The summed E-state index contributed by atoms with van der Waals surface area (Å²) in [4.78, 5) is 1.43. The molecule has 0 atom stereocenters. The number of rotatable bonds is 6. The lowest BCUT2D eigenvalue weighted by molar-refractivity contribution is 0.353. The first-order valence-electron chi connectivity index (χ1n) is 6.69. The van der Waals surface area contributed by atoms with E-state index in [0.29, 0.717) is 6.04 Å². The standard InChI is InChI=1S/C15H23NS/c1-12(2)16-10-14-7-4-8-15(9-14)17-11-13-5-3-6-13/h4,7-9,12-13,16H,3,5-6,10-11H2,1-2H3. The van der Waals surface area contributed by atoms with Gasteiger partial charge in [0.2, 0.25) is 0 Å². The predicted molar refractivity (Wildman–Crippen MR) is 76.5 cm³/mol. The second-order valence-electron chi connectivity index (χ2n) is 5.29. The molecule has 0 bridgehead atoms. The number of hydrogen-bond acceptors (Lipinski definition) is 2. The molecule has 1 fully saturated rings. The van der Waals surface area contributed by atoms with Crippen LogP contribution < -0.4 is 5.32 Å². The van der Waals surface area contributed by atoms with Crippen molar-refractivity contribution in [3.8, 4) is 0 Å². The van der Waals surface area contributed by atoms with Crippen LogP contribution in [0.2, 0.25) is 0 Å². The van der Waals surface area contributed by atoms with E-state index in [4.69, 9.17) is 0 Å². The Labute approximate surface area is 109 Å². The van der Waals surface area contributed by atoms with Crippen molar-refractivity contribution in [1.82, 2.24) is 5.32 Å². The molecule has 0 spiro atoms. The largest absolute Gasteiger partial charge is 0.310 e. The van der Waals surface area contributed by atoms with Crippen LogP contribution in [0.15, 0.2) is 29.2 Å². The lowest BCUT2D eigenvalue weighted by Crippen LogP contribution is -2.21.